The van der Waals surface area contributed by atoms with E-state index in [9.17, 15) is 9.59 Å². The first-order chi connectivity index (χ1) is 13.7. The molecule has 2 amide bonds. The Hall–Kier alpha value is -3.74. The molecular weight excluding hydrogens is 364 g/mol. The van der Waals surface area contributed by atoms with E-state index in [-0.39, 0.29) is 5.91 Å². The maximum absolute atomic E-state index is 12.5. The normalized spacial score (nSPS) is 11.2. The van der Waals surface area contributed by atoms with Gasteiger partial charge in [0.1, 0.15) is 6.04 Å². The highest BCUT2D eigenvalue weighted by molar-refractivity contribution is 5.98. The number of hydrogen-bond donors (Lipinski definition) is 4. The van der Waals surface area contributed by atoms with Gasteiger partial charge in [0.2, 0.25) is 5.91 Å². The van der Waals surface area contributed by atoms with Crippen molar-refractivity contribution in [3.8, 4) is 23.7 Å². The molecule has 1 atom stereocenters. The Bertz CT molecular complexity index is 1010. The van der Waals surface area contributed by atoms with Crippen LogP contribution in [0.1, 0.15) is 35.3 Å². The predicted molar refractivity (Wildman–Crippen MR) is 115 cm³/mol. The molecule has 0 fully saturated rings. The first-order valence-electron chi connectivity index (χ1n) is 9.00. The van der Waals surface area contributed by atoms with Crippen molar-refractivity contribution >= 4 is 17.5 Å². The summed E-state index contributed by atoms with van der Waals surface area (Å²) in [6.07, 6.45) is 0. The van der Waals surface area contributed by atoms with E-state index in [0.29, 0.717) is 16.8 Å². The third-order valence-electron chi connectivity index (χ3n) is 4.10. The molecule has 0 aliphatic carbocycles. The quantitative estimate of drug-likeness (QED) is 0.467. The van der Waals surface area contributed by atoms with Gasteiger partial charge in [0.05, 0.1) is 0 Å². The standard InChI is InChI=1S/C23H24N4O2/c1-23(2,25)20(22(29)26-3)27-21(28)18-14-12-16(13-15-18)8-4-5-9-17-10-6-7-11-19(17)24/h6-7,10-15,20H,24-25H2,1-3H3,(H,26,29)(H,27,28)/t20-/m1/s1. The molecule has 2 aromatic rings. The van der Waals surface area contributed by atoms with Crippen molar-refractivity contribution in [1.29, 1.82) is 0 Å². The highest BCUT2D eigenvalue weighted by Crippen LogP contribution is 2.09. The summed E-state index contributed by atoms with van der Waals surface area (Å²) in [4.78, 5) is 24.5. The molecule has 6 nitrogen and oxygen atoms in total. The minimum Gasteiger partial charge on any atom is -0.398 e. The zero-order valence-electron chi connectivity index (χ0n) is 16.7. The number of carbonyl (C=O) groups is 2. The molecule has 0 bridgehead atoms. The van der Waals surface area contributed by atoms with Crippen LogP contribution in [0.25, 0.3) is 0 Å². The number of nitrogen functional groups attached to an aromatic ring is 1. The van der Waals surface area contributed by atoms with Crippen LogP contribution >= 0.6 is 0 Å². The lowest BCUT2D eigenvalue weighted by atomic mass is 9.94. The minimum absolute atomic E-state index is 0.356. The van der Waals surface area contributed by atoms with E-state index in [1.165, 1.54) is 7.05 Å². The molecule has 0 spiro atoms. The van der Waals surface area contributed by atoms with Gasteiger partial charge in [-0.25, -0.2) is 0 Å². The fourth-order valence-electron chi connectivity index (χ4n) is 2.47. The van der Waals surface area contributed by atoms with Crippen LogP contribution in [-0.2, 0) is 4.79 Å². The monoisotopic (exact) mass is 388 g/mol. The van der Waals surface area contributed by atoms with E-state index in [1.807, 2.05) is 18.2 Å². The first-order valence-corrected chi connectivity index (χ1v) is 9.00. The summed E-state index contributed by atoms with van der Waals surface area (Å²) in [7, 11) is 1.50. The number of para-hydroxylation sites is 1. The number of carbonyl (C=O) groups excluding carboxylic acids is 2. The van der Waals surface area contributed by atoms with Crippen molar-refractivity contribution in [1.82, 2.24) is 10.6 Å². The van der Waals surface area contributed by atoms with E-state index in [4.69, 9.17) is 11.5 Å². The third-order valence-corrected chi connectivity index (χ3v) is 4.10. The average molecular weight is 388 g/mol. The Morgan fingerprint density at radius 2 is 1.62 bits per heavy atom. The molecule has 6 N–H and O–H groups in total. The second kappa shape index (κ2) is 9.45. The van der Waals surface area contributed by atoms with Crippen LogP contribution < -0.4 is 22.1 Å². The molecule has 0 aliphatic rings. The second-order valence-corrected chi connectivity index (χ2v) is 7.01. The summed E-state index contributed by atoms with van der Waals surface area (Å²) in [5.74, 6) is 10.6. The van der Waals surface area contributed by atoms with Crippen molar-refractivity contribution in [2.45, 2.75) is 25.4 Å². The molecule has 0 unspecified atom stereocenters. The Labute approximate surface area is 171 Å². The summed E-state index contributed by atoms with van der Waals surface area (Å²) in [5.41, 5.74) is 13.4. The molecule has 0 saturated carbocycles. The first kappa shape index (κ1) is 21.6. The SMILES string of the molecule is CNC(=O)[C@@H](NC(=O)c1ccc(C#CC#Cc2ccccc2N)cc1)C(C)(C)N. The lowest BCUT2D eigenvalue weighted by Gasteiger charge is -2.29. The predicted octanol–water partition coefficient (Wildman–Crippen LogP) is 1.25. The fraction of sp³-hybridized carbons (Fsp3) is 0.217. The fourth-order valence-corrected chi connectivity index (χ4v) is 2.47. The van der Waals surface area contributed by atoms with Crippen molar-refractivity contribution in [2.24, 2.45) is 5.73 Å². The van der Waals surface area contributed by atoms with Gasteiger partial charge in [-0.05, 0) is 62.1 Å². The minimum atomic E-state index is -0.915. The van der Waals surface area contributed by atoms with E-state index >= 15 is 0 Å². The van der Waals surface area contributed by atoms with Crippen LogP contribution in [0.2, 0.25) is 0 Å². The second-order valence-electron chi connectivity index (χ2n) is 7.01. The van der Waals surface area contributed by atoms with Crippen molar-refractivity contribution in [3.63, 3.8) is 0 Å². The van der Waals surface area contributed by atoms with Crippen LogP contribution in [0.5, 0.6) is 0 Å². The Morgan fingerprint density at radius 3 is 2.21 bits per heavy atom. The molecular formula is C23H24N4O2. The number of nitrogens with two attached hydrogens (primary N) is 2. The van der Waals surface area contributed by atoms with Gasteiger partial charge in [0.25, 0.3) is 5.91 Å². The van der Waals surface area contributed by atoms with Gasteiger partial charge in [-0.15, -0.1) is 0 Å². The number of hydrogen-bond acceptors (Lipinski definition) is 4. The van der Waals surface area contributed by atoms with Crippen LogP contribution in [0.15, 0.2) is 48.5 Å². The van der Waals surface area contributed by atoms with Gasteiger partial charge in [-0.1, -0.05) is 24.0 Å². The number of benzene rings is 2. The zero-order chi connectivity index (χ0) is 21.4. The molecule has 2 rings (SSSR count). The van der Waals surface area contributed by atoms with Crippen molar-refractivity contribution < 1.29 is 9.59 Å². The molecule has 0 saturated heterocycles. The van der Waals surface area contributed by atoms with Gasteiger partial charge >= 0.3 is 0 Å². The number of likely N-dealkylation sites (N-methyl/N-ethyl adjacent to an activating group) is 1. The van der Waals surface area contributed by atoms with E-state index in [1.54, 1.807) is 44.2 Å². The third kappa shape index (κ3) is 6.14. The largest absolute Gasteiger partial charge is 0.398 e. The summed E-state index contributed by atoms with van der Waals surface area (Å²) >= 11 is 0. The van der Waals surface area contributed by atoms with Gasteiger partial charge < -0.3 is 22.1 Å². The van der Waals surface area contributed by atoms with Crippen LogP contribution in [0, 0.1) is 23.7 Å². The lowest BCUT2D eigenvalue weighted by Crippen LogP contribution is -2.61. The van der Waals surface area contributed by atoms with Crippen LogP contribution in [0.4, 0.5) is 5.69 Å². The van der Waals surface area contributed by atoms with Gasteiger partial charge in [0, 0.05) is 35.0 Å². The maximum Gasteiger partial charge on any atom is 0.251 e. The molecule has 2 aromatic carbocycles. The highest BCUT2D eigenvalue weighted by atomic mass is 16.2. The maximum atomic E-state index is 12.5. The molecule has 0 aromatic heterocycles. The van der Waals surface area contributed by atoms with Crippen LogP contribution in [-0.4, -0.2) is 30.4 Å². The Kier molecular flexibility index (Phi) is 7.03. The Balaban J connectivity index is 2.08. The van der Waals surface area contributed by atoms with E-state index in [2.05, 4.69) is 34.3 Å². The van der Waals surface area contributed by atoms with E-state index < -0.39 is 17.5 Å². The summed E-state index contributed by atoms with van der Waals surface area (Å²) < 4.78 is 0. The number of amides is 2. The van der Waals surface area contributed by atoms with Crippen molar-refractivity contribution in [2.75, 3.05) is 12.8 Å². The zero-order valence-corrected chi connectivity index (χ0v) is 16.7. The molecule has 148 valence electrons. The number of rotatable bonds is 4. The van der Waals surface area contributed by atoms with Crippen LogP contribution in [0.3, 0.4) is 0 Å². The van der Waals surface area contributed by atoms with Gasteiger partial charge in [-0.2, -0.15) is 0 Å². The highest BCUT2D eigenvalue weighted by Gasteiger charge is 2.32. The average Bonchev–Trinajstić information content (AvgIpc) is 2.69. The summed E-state index contributed by atoms with van der Waals surface area (Å²) in [6.45, 7) is 3.35. The molecule has 6 heteroatoms. The van der Waals surface area contributed by atoms with Gasteiger partial charge in [-0.3, -0.25) is 9.59 Å². The summed E-state index contributed by atoms with van der Waals surface area (Å²) in [5, 5.41) is 5.18. The molecule has 0 radical (unpaired) electrons. The molecule has 29 heavy (non-hydrogen) atoms. The Morgan fingerprint density at radius 1 is 1.00 bits per heavy atom. The number of anilines is 1. The smallest absolute Gasteiger partial charge is 0.251 e. The molecule has 0 heterocycles. The van der Waals surface area contributed by atoms with Crippen molar-refractivity contribution in [3.05, 3.63) is 65.2 Å². The number of nitrogens with one attached hydrogen (secondary N) is 2. The van der Waals surface area contributed by atoms with Gasteiger partial charge in [0.15, 0.2) is 0 Å². The lowest BCUT2D eigenvalue weighted by molar-refractivity contribution is -0.123. The topological polar surface area (TPSA) is 110 Å². The summed E-state index contributed by atoms with van der Waals surface area (Å²) in [6, 6.07) is 13.1. The molecule has 0 aliphatic heterocycles. The van der Waals surface area contributed by atoms with E-state index in [0.717, 1.165) is 5.56 Å².